The molecule has 0 radical (unpaired) electrons. The average Bonchev–Trinajstić information content (AvgIpc) is 2.89. The Hall–Kier alpha value is -3.05. The first-order chi connectivity index (χ1) is 18.9. The Labute approximate surface area is 241 Å². The van der Waals surface area contributed by atoms with E-state index in [0.29, 0.717) is 30.0 Å². The van der Waals surface area contributed by atoms with Gasteiger partial charge < -0.3 is 19.0 Å². The lowest BCUT2D eigenvalue weighted by Gasteiger charge is -2.37. The van der Waals surface area contributed by atoms with Crippen molar-refractivity contribution in [3.8, 4) is 17.2 Å². The summed E-state index contributed by atoms with van der Waals surface area (Å²) in [6.45, 7) is 11.8. The molecule has 0 saturated carbocycles. The normalized spacial score (nSPS) is 15.9. The summed E-state index contributed by atoms with van der Waals surface area (Å²) < 4.78 is 19.4. The summed E-state index contributed by atoms with van der Waals surface area (Å²) in [5.74, 6) is 1.29. The lowest BCUT2D eigenvalue weighted by molar-refractivity contribution is -0.387. The zero-order valence-electron chi connectivity index (χ0n) is 24.0. The molecule has 3 aromatic rings. The molecule has 1 aliphatic rings. The van der Waals surface area contributed by atoms with Crippen LogP contribution in [0.1, 0.15) is 43.5 Å². The average molecular weight is 583 g/mol. The van der Waals surface area contributed by atoms with Gasteiger partial charge in [0.15, 0.2) is 18.3 Å². The lowest BCUT2D eigenvalue weighted by Crippen LogP contribution is -2.43. The van der Waals surface area contributed by atoms with Crippen LogP contribution >= 0.6 is 11.9 Å². The molecular weight excluding hydrogens is 544 g/mol. The van der Waals surface area contributed by atoms with Crippen LogP contribution in [0.4, 0.5) is 5.69 Å². The Bertz CT molecular complexity index is 1340. The topological polar surface area (TPSA) is 94.3 Å². The Morgan fingerprint density at radius 1 is 1.12 bits per heavy atom. The van der Waals surface area contributed by atoms with Gasteiger partial charge in [-0.2, -0.15) is 0 Å². The fraction of sp³-hybridized carbons (Fsp3) is 0.400. The van der Waals surface area contributed by atoms with Crippen LogP contribution in [0, 0.1) is 10.1 Å². The number of rotatable bonds is 10. The molecule has 0 saturated heterocycles. The second kappa shape index (κ2) is 12.2. The molecule has 3 aromatic carbocycles. The number of methoxy groups -OCH3 is 1. The largest absolute Gasteiger partial charge is 0.544 e. The van der Waals surface area contributed by atoms with Crippen molar-refractivity contribution in [3.63, 3.8) is 0 Å². The van der Waals surface area contributed by atoms with Gasteiger partial charge >= 0.3 is 0 Å². The molecule has 214 valence electrons. The number of nitro benzene ring substituents is 1. The maximum atomic E-state index is 11.7. The third-order valence-electron chi connectivity index (χ3n) is 7.67. The van der Waals surface area contributed by atoms with Crippen molar-refractivity contribution in [2.24, 2.45) is 0 Å². The molecule has 1 atom stereocenters. The van der Waals surface area contributed by atoms with E-state index in [2.05, 4.69) is 50.3 Å². The van der Waals surface area contributed by atoms with Crippen molar-refractivity contribution >= 4 is 26.0 Å². The fourth-order valence-electron chi connectivity index (χ4n) is 4.43. The fourth-order valence-corrected chi connectivity index (χ4v) is 6.59. The number of benzene rings is 3. The van der Waals surface area contributed by atoms with Crippen LogP contribution in [0.15, 0.2) is 65.6 Å². The van der Waals surface area contributed by atoms with Crippen molar-refractivity contribution < 1.29 is 23.9 Å². The third-order valence-corrected chi connectivity index (χ3v) is 13.2. The molecule has 0 spiro atoms. The SMILES string of the molecule is COCOc1cc2c(cc1O)CCN(Sc1ccccc1[N+](=O)[O-])[C@@H]2Cc1ccc(O[Si](C)(C)C(C)(C)C)cc1. The Morgan fingerprint density at radius 3 is 2.48 bits per heavy atom. The summed E-state index contributed by atoms with van der Waals surface area (Å²) in [5.41, 5.74) is 3.24. The third kappa shape index (κ3) is 6.80. The van der Waals surface area contributed by atoms with E-state index in [1.807, 2.05) is 24.3 Å². The monoisotopic (exact) mass is 582 g/mol. The molecule has 1 N–H and O–H groups in total. The van der Waals surface area contributed by atoms with Gasteiger partial charge in [-0.15, -0.1) is 0 Å². The summed E-state index contributed by atoms with van der Waals surface area (Å²) in [6.07, 6.45) is 1.35. The molecule has 4 rings (SSSR count). The Balaban J connectivity index is 1.67. The number of hydrogen-bond donors (Lipinski definition) is 1. The first-order valence-corrected chi connectivity index (χ1v) is 17.0. The van der Waals surface area contributed by atoms with E-state index in [1.165, 1.54) is 25.1 Å². The molecule has 0 bridgehead atoms. The van der Waals surface area contributed by atoms with Crippen LogP contribution < -0.4 is 9.16 Å². The molecule has 0 aliphatic carbocycles. The molecule has 1 aliphatic heterocycles. The quantitative estimate of drug-likeness (QED) is 0.0863. The molecule has 40 heavy (non-hydrogen) atoms. The standard InChI is InChI=1S/C30H38N2O6SSi/c1-30(2,3)40(5,6)38-23-13-11-21(12-14-23)17-26-24-19-28(37-20-36-4)27(33)18-22(24)15-16-31(26)39-29-10-8-7-9-25(29)32(34)35/h7-14,18-19,26,33H,15-17,20H2,1-6H3/t26-/m1/s1. The van der Waals surface area contributed by atoms with Crippen LogP contribution in [-0.4, -0.2) is 43.1 Å². The van der Waals surface area contributed by atoms with Crippen molar-refractivity contribution in [2.45, 2.75) is 62.7 Å². The first kappa shape index (κ1) is 29.9. The minimum atomic E-state index is -1.96. The molecule has 8 nitrogen and oxygen atoms in total. The van der Waals surface area contributed by atoms with Crippen LogP contribution in [0.25, 0.3) is 0 Å². The van der Waals surface area contributed by atoms with Crippen molar-refractivity contribution in [1.29, 1.82) is 0 Å². The van der Waals surface area contributed by atoms with E-state index in [-0.39, 0.29) is 34.2 Å². The van der Waals surface area contributed by atoms with Crippen LogP contribution in [0.3, 0.4) is 0 Å². The maximum absolute atomic E-state index is 11.7. The van der Waals surface area contributed by atoms with E-state index in [9.17, 15) is 15.2 Å². The number of ether oxygens (including phenoxy) is 2. The van der Waals surface area contributed by atoms with E-state index < -0.39 is 8.32 Å². The molecule has 0 amide bonds. The van der Waals surface area contributed by atoms with Gasteiger partial charge in [0, 0.05) is 25.8 Å². The Kier molecular flexibility index (Phi) is 9.14. The Morgan fingerprint density at radius 2 is 1.82 bits per heavy atom. The van der Waals surface area contributed by atoms with Gasteiger partial charge in [-0.25, -0.2) is 4.31 Å². The van der Waals surface area contributed by atoms with Gasteiger partial charge in [-0.1, -0.05) is 45.0 Å². The zero-order chi connectivity index (χ0) is 29.1. The number of phenols is 1. The smallest absolute Gasteiger partial charge is 0.284 e. The van der Waals surface area contributed by atoms with E-state index in [0.717, 1.165) is 22.4 Å². The highest BCUT2D eigenvalue weighted by Crippen LogP contribution is 2.45. The van der Waals surface area contributed by atoms with E-state index >= 15 is 0 Å². The van der Waals surface area contributed by atoms with Gasteiger partial charge in [-0.05, 0) is 89.9 Å². The van der Waals surface area contributed by atoms with Gasteiger partial charge in [-0.3, -0.25) is 10.1 Å². The first-order valence-electron chi connectivity index (χ1n) is 13.3. The zero-order valence-corrected chi connectivity index (χ0v) is 25.8. The number of hydrogen-bond acceptors (Lipinski definition) is 8. The molecule has 0 fully saturated rings. The summed E-state index contributed by atoms with van der Waals surface area (Å²) in [6, 6.07) is 18.6. The van der Waals surface area contributed by atoms with Crippen LogP contribution in [-0.2, 0) is 17.6 Å². The second-order valence-electron chi connectivity index (χ2n) is 11.5. The molecule has 10 heteroatoms. The second-order valence-corrected chi connectivity index (χ2v) is 17.3. The lowest BCUT2D eigenvalue weighted by atomic mass is 9.89. The van der Waals surface area contributed by atoms with Crippen LogP contribution in [0.5, 0.6) is 17.2 Å². The number of fused-ring (bicyclic) bond motifs is 1. The van der Waals surface area contributed by atoms with Crippen molar-refractivity contribution in [2.75, 3.05) is 20.4 Å². The number of nitrogens with zero attached hydrogens (tertiary/aromatic N) is 2. The highest BCUT2D eigenvalue weighted by atomic mass is 32.2. The molecular formula is C30H38N2O6SSi. The van der Waals surface area contributed by atoms with E-state index in [4.69, 9.17) is 13.9 Å². The maximum Gasteiger partial charge on any atom is 0.284 e. The number of para-hydroxylation sites is 1. The minimum Gasteiger partial charge on any atom is -0.544 e. The van der Waals surface area contributed by atoms with Crippen molar-refractivity contribution in [1.82, 2.24) is 4.31 Å². The predicted octanol–water partition coefficient (Wildman–Crippen LogP) is 7.52. The summed E-state index contributed by atoms with van der Waals surface area (Å²) >= 11 is 1.40. The van der Waals surface area contributed by atoms with Gasteiger partial charge in [0.25, 0.3) is 5.69 Å². The van der Waals surface area contributed by atoms with Crippen LogP contribution in [0.2, 0.25) is 18.1 Å². The summed E-state index contributed by atoms with van der Waals surface area (Å²) in [7, 11) is -0.430. The molecule has 0 aromatic heterocycles. The number of nitro groups is 1. The molecule has 0 unspecified atom stereocenters. The number of aromatic hydroxyl groups is 1. The van der Waals surface area contributed by atoms with E-state index in [1.54, 1.807) is 18.2 Å². The highest BCUT2D eigenvalue weighted by molar-refractivity contribution is 7.97. The predicted molar refractivity (Wildman–Crippen MR) is 161 cm³/mol. The minimum absolute atomic E-state index is 0.0153. The summed E-state index contributed by atoms with van der Waals surface area (Å²) in [4.78, 5) is 12.0. The van der Waals surface area contributed by atoms with Crippen molar-refractivity contribution in [3.05, 3.63) is 87.5 Å². The molecule has 1 heterocycles. The van der Waals surface area contributed by atoms with Gasteiger partial charge in [0.2, 0.25) is 8.32 Å². The van der Waals surface area contributed by atoms with Gasteiger partial charge in [0.05, 0.1) is 4.92 Å². The summed E-state index contributed by atoms with van der Waals surface area (Å²) in [5, 5.41) is 22.4. The highest BCUT2D eigenvalue weighted by Gasteiger charge is 2.39. The number of phenolic OH excluding ortho intramolecular Hbond substituents is 1. The van der Waals surface area contributed by atoms with Gasteiger partial charge in [0.1, 0.15) is 10.6 Å².